The third kappa shape index (κ3) is 3.55. The molecule has 0 heterocycles. The molecular weight excluding hydrogens is 193 g/mol. The molecule has 3 N–H and O–H groups in total. The molecular formula is C9H11F3N2. The van der Waals surface area contributed by atoms with Crippen LogP contribution in [0.5, 0.6) is 0 Å². The SMILES string of the molecule is Cc1cc(N)cc(NCC(F)(F)F)c1. The monoisotopic (exact) mass is 204 g/mol. The van der Waals surface area contributed by atoms with Gasteiger partial charge < -0.3 is 11.1 Å². The molecule has 0 aliphatic heterocycles. The van der Waals surface area contributed by atoms with Gasteiger partial charge in [0.2, 0.25) is 0 Å². The molecule has 0 bridgehead atoms. The predicted molar refractivity (Wildman–Crippen MR) is 50.1 cm³/mol. The number of hydrogen-bond acceptors (Lipinski definition) is 2. The fourth-order valence-electron chi connectivity index (χ4n) is 1.12. The zero-order valence-electron chi connectivity index (χ0n) is 7.65. The fourth-order valence-corrected chi connectivity index (χ4v) is 1.12. The number of nitrogens with two attached hydrogens (primary N) is 1. The van der Waals surface area contributed by atoms with Crippen LogP contribution in [0.15, 0.2) is 18.2 Å². The first kappa shape index (κ1) is 10.7. The lowest BCUT2D eigenvalue weighted by atomic mass is 10.2. The average molecular weight is 204 g/mol. The zero-order chi connectivity index (χ0) is 10.8. The van der Waals surface area contributed by atoms with E-state index in [4.69, 9.17) is 5.73 Å². The van der Waals surface area contributed by atoms with Crippen LogP contribution in [0.3, 0.4) is 0 Å². The minimum atomic E-state index is -4.21. The molecule has 0 unspecified atom stereocenters. The van der Waals surface area contributed by atoms with Crippen molar-refractivity contribution in [1.82, 2.24) is 0 Å². The molecule has 1 aromatic carbocycles. The van der Waals surface area contributed by atoms with Gasteiger partial charge in [-0.25, -0.2) is 0 Å². The average Bonchev–Trinajstić information content (AvgIpc) is 1.97. The van der Waals surface area contributed by atoms with Gasteiger partial charge in [0.15, 0.2) is 0 Å². The van der Waals surface area contributed by atoms with Crippen molar-refractivity contribution in [2.24, 2.45) is 0 Å². The number of hydrogen-bond donors (Lipinski definition) is 2. The number of rotatable bonds is 2. The van der Waals surface area contributed by atoms with Gasteiger partial charge in [0.1, 0.15) is 6.54 Å². The highest BCUT2D eigenvalue weighted by Gasteiger charge is 2.26. The van der Waals surface area contributed by atoms with Crippen LogP contribution < -0.4 is 11.1 Å². The van der Waals surface area contributed by atoms with Crippen molar-refractivity contribution in [1.29, 1.82) is 0 Å². The van der Waals surface area contributed by atoms with Gasteiger partial charge in [0.25, 0.3) is 0 Å². The van der Waals surface area contributed by atoms with Crippen molar-refractivity contribution < 1.29 is 13.2 Å². The summed E-state index contributed by atoms with van der Waals surface area (Å²) in [5.41, 5.74) is 7.15. The van der Waals surface area contributed by atoms with Crippen LogP contribution in [0.25, 0.3) is 0 Å². The summed E-state index contributed by atoms with van der Waals surface area (Å²) >= 11 is 0. The summed E-state index contributed by atoms with van der Waals surface area (Å²) in [7, 11) is 0. The Morgan fingerprint density at radius 2 is 1.93 bits per heavy atom. The second kappa shape index (κ2) is 3.77. The Kier molecular flexibility index (Phi) is 2.88. The largest absolute Gasteiger partial charge is 0.405 e. The molecule has 14 heavy (non-hydrogen) atoms. The van der Waals surface area contributed by atoms with E-state index < -0.39 is 12.7 Å². The maximum atomic E-state index is 11.8. The Labute approximate surface area is 79.9 Å². The summed E-state index contributed by atoms with van der Waals surface area (Å²) in [6.45, 7) is 0.727. The Morgan fingerprint density at radius 3 is 2.43 bits per heavy atom. The Balaban J connectivity index is 2.68. The maximum absolute atomic E-state index is 11.8. The molecule has 78 valence electrons. The number of aryl methyl sites for hydroxylation is 1. The number of alkyl halides is 3. The van der Waals surface area contributed by atoms with Crippen molar-refractivity contribution in [3.8, 4) is 0 Å². The van der Waals surface area contributed by atoms with Gasteiger partial charge >= 0.3 is 6.18 Å². The summed E-state index contributed by atoms with van der Waals surface area (Å²) in [5, 5.41) is 2.26. The number of anilines is 2. The van der Waals surface area contributed by atoms with Gasteiger partial charge in [-0.2, -0.15) is 13.2 Å². The first-order chi connectivity index (χ1) is 6.37. The zero-order valence-corrected chi connectivity index (χ0v) is 7.65. The van der Waals surface area contributed by atoms with E-state index in [1.54, 1.807) is 19.1 Å². The molecule has 5 heteroatoms. The summed E-state index contributed by atoms with van der Waals surface area (Å²) in [6, 6.07) is 4.78. The lowest BCUT2D eigenvalue weighted by Gasteiger charge is -2.10. The molecule has 0 aliphatic carbocycles. The van der Waals surface area contributed by atoms with Crippen LogP contribution in [0.1, 0.15) is 5.56 Å². The Hall–Kier alpha value is -1.39. The third-order valence-corrected chi connectivity index (χ3v) is 1.59. The Morgan fingerprint density at radius 1 is 1.29 bits per heavy atom. The Bertz CT molecular complexity index is 300. The van der Waals surface area contributed by atoms with Crippen molar-refractivity contribution in [2.45, 2.75) is 13.1 Å². The summed E-state index contributed by atoms with van der Waals surface area (Å²) < 4.78 is 35.5. The van der Waals surface area contributed by atoms with Crippen LogP contribution in [0.2, 0.25) is 0 Å². The van der Waals surface area contributed by atoms with Gasteiger partial charge in [-0.1, -0.05) is 0 Å². The molecule has 0 amide bonds. The molecule has 0 atom stereocenters. The van der Waals surface area contributed by atoms with E-state index in [1.165, 1.54) is 6.07 Å². The third-order valence-electron chi connectivity index (χ3n) is 1.59. The van der Waals surface area contributed by atoms with Gasteiger partial charge in [-0.05, 0) is 30.7 Å². The van der Waals surface area contributed by atoms with Gasteiger partial charge in [-0.15, -0.1) is 0 Å². The van der Waals surface area contributed by atoms with E-state index in [9.17, 15) is 13.2 Å². The molecule has 0 aliphatic rings. The normalized spacial score (nSPS) is 11.4. The van der Waals surface area contributed by atoms with Crippen molar-refractivity contribution in [2.75, 3.05) is 17.6 Å². The van der Waals surface area contributed by atoms with E-state index >= 15 is 0 Å². The highest BCUT2D eigenvalue weighted by atomic mass is 19.4. The van der Waals surface area contributed by atoms with Crippen LogP contribution in [0, 0.1) is 6.92 Å². The molecule has 0 fully saturated rings. The number of nitrogens with one attached hydrogen (secondary N) is 1. The van der Waals surface area contributed by atoms with E-state index in [-0.39, 0.29) is 0 Å². The molecule has 0 radical (unpaired) electrons. The molecule has 2 nitrogen and oxygen atoms in total. The minimum absolute atomic E-state index is 0.389. The standard InChI is InChI=1S/C9H11F3N2/c1-6-2-7(13)4-8(3-6)14-5-9(10,11)12/h2-4,14H,5,13H2,1H3. The molecule has 0 spiro atoms. The van der Waals surface area contributed by atoms with Crippen molar-refractivity contribution in [3.05, 3.63) is 23.8 Å². The summed E-state index contributed by atoms with van der Waals surface area (Å²) in [5.74, 6) is 0. The summed E-state index contributed by atoms with van der Waals surface area (Å²) in [4.78, 5) is 0. The second-order valence-corrected chi connectivity index (χ2v) is 3.10. The highest BCUT2D eigenvalue weighted by Crippen LogP contribution is 2.19. The van der Waals surface area contributed by atoms with Crippen LogP contribution in [-0.2, 0) is 0 Å². The topological polar surface area (TPSA) is 38.0 Å². The van der Waals surface area contributed by atoms with Crippen LogP contribution >= 0.6 is 0 Å². The second-order valence-electron chi connectivity index (χ2n) is 3.10. The molecule has 0 aromatic heterocycles. The van der Waals surface area contributed by atoms with E-state index in [1.807, 2.05) is 0 Å². The lowest BCUT2D eigenvalue weighted by Crippen LogP contribution is -2.21. The maximum Gasteiger partial charge on any atom is 0.405 e. The molecule has 0 saturated heterocycles. The number of halogens is 3. The van der Waals surface area contributed by atoms with E-state index in [2.05, 4.69) is 5.32 Å². The van der Waals surface area contributed by atoms with Gasteiger partial charge in [0, 0.05) is 11.4 Å². The van der Waals surface area contributed by atoms with Crippen molar-refractivity contribution >= 4 is 11.4 Å². The highest BCUT2D eigenvalue weighted by molar-refractivity contribution is 5.56. The molecule has 0 saturated carbocycles. The lowest BCUT2D eigenvalue weighted by molar-refractivity contribution is -0.115. The molecule has 1 aromatic rings. The number of nitrogen functional groups attached to an aromatic ring is 1. The first-order valence-corrected chi connectivity index (χ1v) is 4.04. The number of benzene rings is 1. The smallest absolute Gasteiger partial charge is 0.399 e. The fraction of sp³-hybridized carbons (Fsp3) is 0.333. The van der Waals surface area contributed by atoms with Gasteiger partial charge in [-0.3, -0.25) is 0 Å². The van der Waals surface area contributed by atoms with E-state index in [0.29, 0.717) is 11.4 Å². The van der Waals surface area contributed by atoms with E-state index in [0.717, 1.165) is 5.56 Å². The predicted octanol–water partition coefficient (Wildman–Crippen LogP) is 2.55. The first-order valence-electron chi connectivity index (χ1n) is 4.04. The minimum Gasteiger partial charge on any atom is -0.399 e. The quantitative estimate of drug-likeness (QED) is 0.726. The summed E-state index contributed by atoms with van der Waals surface area (Å²) in [6.07, 6.45) is -4.21. The van der Waals surface area contributed by atoms with Crippen LogP contribution in [-0.4, -0.2) is 12.7 Å². The van der Waals surface area contributed by atoms with Crippen molar-refractivity contribution in [3.63, 3.8) is 0 Å². The van der Waals surface area contributed by atoms with Crippen LogP contribution in [0.4, 0.5) is 24.5 Å². The molecule has 1 rings (SSSR count). The van der Waals surface area contributed by atoms with Gasteiger partial charge in [0.05, 0.1) is 0 Å².